The highest BCUT2D eigenvalue weighted by molar-refractivity contribution is 6.16. The molecule has 0 fully saturated rings. The molecular weight excluding hydrogens is 356 g/mol. The molecule has 2 aromatic carbocycles. The summed E-state index contributed by atoms with van der Waals surface area (Å²) >= 11 is 0. The van der Waals surface area contributed by atoms with Crippen molar-refractivity contribution in [2.75, 3.05) is 0 Å². The Balaban J connectivity index is 1.97. The summed E-state index contributed by atoms with van der Waals surface area (Å²) in [5.41, 5.74) is 1.12. The van der Waals surface area contributed by atoms with Gasteiger partial charge in [-0.25, -0.2) is 0 Å². The van der Waals surface area contributed by atoms with Crippen molar-refractivity contribution in [3.8, 4) is 17.2 Å². The minimum Gasteiger partial charge on any atom is -0.508 e. The molecule has 0 radical (unpaired) electrons. The molecular formula is C18H12F4O4. The molecule has 0 saturated carbocycles. The highest BCUT2D eigenvalue weighted by Gasteiger charge is 2.27. The third-order valence-electron chi connectivity index (χ3n) is 3.81. The Bertz CT molecular complexity index is 877. The number of Topliss-reactive ketones (excluding diaryl/α,β-unsaturated/α-hetero) is 1. The van der Waals surface area contributed by atoms with E-state index in [9.17, 15) is 27.5 Å². The number of ketones is 1. The summed E-state index contributed by atoms with van der Waals surface area (Å²) in [6, 6.07) is 7.80. The van der Waals surface area contributed by atoms with E-state index in [4.69, 9.17) is 0 Å². The lowest BCUT2D eigenvalue weighted by Gasteiger charge is -2.11. The normalized spacial score (nSPS) is 15.0. The van der Waals surface area contributed by atoms with Crippen LogP contribution in [0.2, 0.25) is 0 Å². The van der Waals surface area contributed by atoms with Gasteiger partial charge in [0.05, 0.1) is 0 Å². The third kappa shape index (κ3) is 3.63. The minimum absolute atomic E-state index is 0.0380. The largest absolute Gasteiger partial charge is 0.508 e. The molecule has 1 N–H and O–H groups in total. The summed E-state index contributed by atoms with van der Waals surface area (Å²) in [6.07, 6.45) is 1.44. The Labute approximate surface area is 145 Å². The molecule has 4 nitrogen and oxygen atoms in total. The quantitative estimate of drug-likeness (QED) is 0.627. The van der Waals surface area contributed by atoms with E-state index in [0.29, 0.717) is 11.1 Å². The highest BCUT2D eigenvalue weighted by Crippen LogP contribution is 2.35. The van der Waals surface area contributed by atoms with Crippen molar-refractivity contribution in [2.45, 2.75) is 19.6 Å². The van der Waals surface area contributed by atoms with Crippen LogP contribution in [0, 0.1) is 0 Å². The molecule has 0 aromatic heterocycles. The molecule has 0 spiro atoms. The SMILES string of the molecule is O=C1/C(=C/c2ccc(OC(F)F)cc2OC(F)F)Cc2c(O)cccc21. The lowest BCUT2D eigenvalue weighted by molar-refractivity contribution is -0.0543. The zero-order chi connectivity index (χ0) is 18.8. The number of alkyl halides is 4. The van der Waals surface area contributed by atoms with Crippen LogP contribution in [0.4, 0.5) is 17.6 Å². The first-order valence-electron chi connectivity index (χ1n) is 7.45. The van der Waals surface area contributed by atoms with Gasteiger partial charge in [0.15, 0.2) is 5.78 Å². The van der Waals surface area contributed by atoms with E-state index in [-0.39, 0.29) is 34.8 Å². The fourth-order valence-electron chi connectivity index (χ4n) is 2.73. The molecule has 0 amide bonds. The zero-order valence-corrected chi connectivity index (χ0v) is 13.1. The van der Waals surface area contributed by atoms with E-state index in [1.54, 1.807) is 6.07 Å². The van der Waals surface area contributed by atoms with E-state index in [1.807, 2.05) is 0 Å². The van der Waals surface area contributed by atoms with E-state index in [1.165, 1.54) is 24.3 Å². The second kappa shape index (κ2) is 7.07. The predicted octanol–water partition coefficient (Wildman–Crippen LogP) is 4.42. The van der Waals surface area contributed by atoms with Gasteiger partial charge in [-0.3, -0.25) is 4.79 Å². The number of carbonyl (C=O) groups is 1. The average molecular weight is 368 g/mol. The maximum atomic E-state index is 12.6. The molecule has 26 heavy (non-hydrogen) atoms. The first-order valence-corrected chi connectivity index (χ1v) is 7.45. The Morgan fingerprint density at radius 3 is 2.42 bits per heavy atom. The summed E-state index contributed by atoms with van der Waals surface area (Å²) in [6.45, 7) is -6.30. The molecule has 0 atom stereocenters. The monoisotopic (exact) mass is 368 g/mol. The Hall–Kier alpha value is -3.03. The second-order valence-electron chi connectivity index (χ2n) is 5.44. The molecule has 136 valence electrons. The lowest BCUT2D eigenvalue weighted by Crippen LogP contribution is -2.06. The summed E-state index contributed by atoms with van der Waals surface area (Å²) in [7, 11) is 0. The lowest BCUT2D eigenvalue weighted by atomic mass is 10.1. The number of benzene rings is 2. The summed E-state index contributed by atoms with van der Waals surface area (Å²) in [5.74, 6) is -1.15. The first kappa shape index (κ1) is 17.8. The second-order valence-corrected chi connectivity index (χ2v) is 5.44. The number of rotatable bonds is 5. The van der Waals surface area contributed by atoms with E-state index < -0.39 is 19.0 Å². The number of hydrogen-bond donors (Lipinski definition) is 1. The van der Waals surface area contributed by atoms with Gasteiger partial charge in [-0.1, -0.05) is 12.1 Å². The predicted molar refractivity (Wildman–Crippen MR) is 83.8 cm³/mol. The number of aromatic hydroxyl groups is 1. The number of carbonyl (C=O) groups excluding carboxylic acids is 1. The topological polar surface area (TPSA) is 55.8 Å². The van der Waals surface area contributed by atoms with Gasteiger partial charge in [-0.05, 0) is 24.3 Å². The Morgan fingerprint density at radius 1 is 1.04 bits per heavy atom. The van der Waals surface area contributed by atoms with Gasteiger partial charge in [-0.2, -0.15) is 17.6 Å². The minimum atomic E-state index is -3.19. The van der Waals surface area contributed by atoms with Crippen molar-refractivity contribution >= 4 is 11.9 Å². The Morgan fingerprint density at radius 2 is 1.77 bits per heavy atom. The molecule has 0 heterocycles. The van der Waals surface area contributed by atoms with Crippen LogP contribution < -0.4 is 9.47 Å². The maximum Gasteiger partial charge on any atom is 0.387 e. The van der Waals surface area contributed by atoms with Crippen LogP contribution in [0.3, 0.4) is 0 Å². The van der Waals surface area contributed by atoms with E-state index in [0.717, 1.165) is 12.1 Å². The average Bonchev–Trinajstić information content (AvgIpc) is 2.87. The maximum absolute atomic E-state index is 12.6. The summed E-state index contributed by atoms with van der Waals surface area (Å²) in [4.78, 5) is 12.4. The molecule has 3 rings (SSSR count). The smallest absolute Gasteiger partial charge is 0.387 e. The number of allylic oxidation sites excluding steroid dienone is 1. The number of halogens is 4. The summed E-state index contributed by atoms with van der Waals surface area (Å²) < 4.78 is 58.3. The van der Waals surface area contributed by atoms with E-state index >= 15 is 0 Å². The highest BCUT2D eigenvalue weighted by atomic mass is 19.3. The van der Waals surface area contributed by atoms with Crippen molar-refractivity contribution in [1.29, 1.82) is 0 Å². The van der Waals surface area contributed by atoms with Crippen LogP contribution in [0.15, 0.2) is 42.0 Å². The van der Waals surface area contributed by atoms with Crippen LogP contribution >= 0.6 is 0 Å². The van der Waals surface area contributed by atoms with Crippen LogP contribution in [0.25, 0.3) is 6.08 Å². The fraction of sp³-hybridized carbons (Fsp3) is 0.167. The van der Waals surface area contributed by atoms with Crippen LogP contribution in [-0.2, 0) is 6.42 Å². The fourth-order valence-corrected chi connectivity index (χ4v) is 2.73. The van der Waals surface area contributed by atoms with Crippen molar-refractivity contribution in [2.24, 2.45) is 0 Å². The van der Waals surface area contributed by atoms with Gasteiger partial charge < -0.3 is 14.6 Å². The summed E-state index contributed by atoms with van der Waals surface area (Å²) in [5, 5.41) is 9.84. The standard InChI is InChI=1S/C18H12F4O4/c19-17(20)25-11-5-4-9(15(8-11)26-18(21)22)6-10-7-13-12(16(10)24)2-1-3-14(13)23/h1-6,8,17-18,23H,7H2/b10-6+. The van der Waals surface area contributed by atoms with Crippen molar-refractivity contribution in [1.82, 2.24) is 0 Å². The molecule has 2 aromatic rings. The van der Waals surface area contributed by atoms with E-state index in [2.05, 4.69) is 9.47 Å². The first-order chi connectivity index (χ1) is 12.3. The van der Waals surface area contributed by atoms with Crippen molar-refractivity contribution in [3.05, 3.63) is 58.7 Å². The van der Waals surface area contributed by atoms with Crippen molar-refractivity contribution < 1.29 is 36.9 Å². The van der Waals surface area contributed by atoms with Gasteiger partial charge in [0.25, 0.3) is 0 Å². The van der Waals surface area contributed by atoms with Crippen LogP contribution in [-0.4, -0.2) is 24.1 Å². The molecule has 0 aliphatic heterocycles. The van der Waals surface area contributed by atoms with Gasteiger partial charge in [0, 0.05) is 34.8 Å². The molecule has 8 heteroatoms. The molecule has 1 aliphatic carbocycles. The molecule has 0 saturated heterocycles. The number of hydrogen-bond acceptors (Lipinski definition) is 4. The van der Waals surface area contributed by atoms with Gasteiger partial charge >= 0.3 is 13.2 Å². The van der Waals surface area contributed by atoms with Crippen LogP contribution in [0.1, 0.15) is 21.5 Å². The molecule has 0 unspecified atom stereocenters. The number of ether oxygens (including phenoxy) is 2. The van der Waals surface area contributed by atoms with Crippen LogP contribution in [0.5, 0.6) is 17.2 Å². The number of fused-ring (bicyclic) bond motifs is 1. The van der Waals surface area contributed by atoms with Gasteiger partial charge in [0.2, 0.25) is 0 Å². The number of phenolic OH excluding ortho intramolecular Hbond substituents is 1. The van der Waals surface area contributed by atoms with Gasteiger partial charge in [0.1, 0.15) is 17.2 Å². The van der Waals surface area contributed by atoms with Gasteiger partial charge in [-0.15, -0.1) is 0 Å². The van der Waals surface area contributed by atoms with Crippen molar-refractivity contribution in [3.63, 3.8) is 0 Å². The molecule has 1 aliphatic rings. The number of phenols is 1. The Kier molecular flexibility index (Phi) is 4.83. The zero-order valence-electron chi connectivity index (χ0n) is 13.1. The molecule has 0 bridgehead atoms. The third-order valence-corrected chi connectivity index (χ3v) is 3.81.